The number of hydrogen-bond donors (Lipinski definition) is 0. The Morgan fingerprint density at radius 3 is 1.50 bits per heavy atom. The normalized spacial score (nSPS) is 3.67. The SMILES string of the molecule is N#CSC#N.[Zn]. The number of nitrogens with zero attached hydrogens (tertiary/aromatic N) is 2. The van der Waals surface area contributed by atoms with Gasteiger partial charge in [-0.15, -0.1) is 0 Å². The molecule has 6 heavy (non-hydrogen) atoms. The van der Waals surface area contributed by atoms with Crippen LogP contribution in [-0.4, -0.2) is 0 Å². The molecule has 0 aliphatic rings. The molecule has 0 heterocycles. The number of thioether (sulfide) groups is 1. The van der Waals surface area contributed by atoms with Crippen molar-refractivity contribution in [1.82, 2.24) is 0 Å². The molecule has 0 aromatic rings. The van der Waals surface area contributed by atoms with Gasteiger partial charge in [-0.05, 0) is 0 Å². The van der Waals surface area contributed by atoms with Crippen LogP contribution in [0, 0.1) is 21.3 Å². The summed E-state index contributed by atoms with van der Waals surface area (Å²) in [7, 11) is 0. The van der Waals surface area contributed by atoms with Crippen molar-refractivity contribution in [3.05, 3.63) is 0 Å². The maximum Gasteiger partial charge on any atom is 0.149 e. The molecular weight excluding hydrogens is 149 g/mol. The first-order chi connectivity index (χ1) is 2.41. The molecule has 0 aromatic carbocycles. The Labute approximate surface area is 52.9 Å². The first-order valence-electron chi connectivity index (χ1n) is 0.855. The summed E-state index contributed by atoms with van der Waals surface area (Å²) >= 11 is 0.574. The second-order valence-electron chi connectivity index (χ2n) is 0.285. The van der Waals surface area contributed by atoms with Gasteiger partial charge in [-0.2, -0.15) is 10.5 Å². The summed E-state index contributed by atoms with van der Waals surface area (Å²) in [5.74, 6) is 0. The zero-order valence-corrected chi connectivity index (χ0v) is 6.79. The van der Waals surface area contributed by atoms with E-state index in [1.165, 1.54) is 0 Å². The maximum atomic E-state index is 7.56. The minimum absolute atomic E-state index is 0. The first-order valence-corrected chi connectivity index (χ1v) is 1.67. The van der Waals surface area contributed by atoms with Gasteiger partial charge in [0.05, 0.1) is 11.8 Å². The quantitative estimate of drug-likeness (QED) is 0.376. The second kappa shape index (κ2) is 8.88. The van der Waals surface area contributed by atoms with Crippen molar-refractivity contribution in [1.29, 1.82) is 10.5 Å². The fourth-order valence-electron chi connectivity index (χ4n) is 0.0204. The van der Waals surface area contributed by atoms with E-state index in [0.717, 1.165) is 0 Å². The monoisotopic (exact) mass is 148 g/mol. The van der Waals surface area contributed by atoms with Gasteiger partial charge in [0.25, 0.3) is 0 Å². The molecule has 0 aliphatic carbocycles. The molecule has 0 bridgehead atoms. The predicted octanol–water partition coefficient (Wildman–Crippen LogP) is 0.679. The van der Waals surface area contributed by atoms with Crippen LogP contribution in [0.5, 0.6) is 0 Å². The van der Waals surface area contributed by atoms with E-state index in [9.17, 15) is 0 Å². The topological polar surface area (TPSA) is 47.6 Å². The summed E-state index contributed by atoms with van der Waals surface area (Å²) in [5, 5.41) is 18.3. The number of nitriles is 2. The van der Waals surface area contributed by atoms with Crippen LogP contribution in [0.15, 0.2) is 0 Å². The standard InChI is InChI=1S/C2N2S.Zn/c3-1-5-2-4;. The summed E-state index contributed by atoms with van der Waals surface area (Å²) < 4.78 is 0. The van der Waals surface area contributed by atoms with E-state index in [-0.39, 0.29) is 19.5 Å². The molecule has 0 N–H and O–H groups in total. The Morgan fingerprint density at radius 2 is 1.50 bits per heavy atom. The summed E-state index contributed by atoms with van der Waals surface area (Å²) in [6, 6.07) is 0. The van der Waals surface area contributed by atoms with E-state index >= 15 is 0 Å². The Morgan fingerprint density at radius 1 is 1.17 bits per heavy atom. The summed E-state index contributed by atoms with van der Waals surface area (Å²) in [6.07, 6.45) is 0. The Hall–Kier alpha value is -0.0466. The Kier molecular flexibility index (Phi) is 13.8. The number of rotatable bonds is 0. The van der Waals surface area contributed by atoms with Crippen molar-refractivity contribution in [2.24, 2.45) is 0 Å². The smallest absolute Gasteiger partial charge is 0.149 e. The van der Waals surface area contributed by atoms with E-state index in [0.29, 0.717) is 11.8 Å². The van der Waals surface area contributed by atoms with Gasteiger partial charge in [-0.3, -0.25) is 0 Å². The third-order valence-electron chi connectivity index (χ3n) is 0.0913. The molecule has 0 saturated heterocycles. The van der Waals surface area contributed by atoms with E-state index in [4.69, 9.17) is 10.5 Å². The van der Waals surface area contributed by atoms with E-state index in [1.54, 1.807) is 10.8 Å². The molecule has 0 atom stereocenters. The van der Waals surface area contributed by atoms with Crippen LogP contribution in [0.25, 0.3) is 0 Å². The first kappa shape index (κ1) is 9.35. The molecule has 0 amide bonds. The van der Waals surface area contributed by atoms with Gasteiger partial charge in [0, 0.05) is 19.5 Å². The second-order valence-corrected chi connectivity index (χ2v) is 0.854. The van der Waals surface area contributed by atoms with Crippen molar-refractivity contribution in [2.45, 2.75) is 0 Å². The van der Waals surface area contributed by atoms with Crippen molar-refractivity contribution in [3.8, 4) is 10.8 Å². The molecule has 4 heteroatoms. The van der Waals surface area contributed by atoms with Crippen molar-refractivity contribution in [3.63, 3.8) is 0 Å². The molecule has 0 unspecified atom stereocenters. The summed E-state index contributed by atoms with van der Waals surface area (Å²) in [4.78, 5) is 0. The van der Waals surface area contributed by atoms with Crippen LogP contribution in [0.2, 0.25) is 0 Å². The van der Waals surface area contributed by atoms with Crippen LogP contribution < -0.4 is 0 Å². The van der Waals surface area contributed by atoms with Gasteiger partial charge in [0.2, 0.25) is 0 Å². The molecule has 0 saturated carbocycles. The molecule has 2 nitrogen and oxygen atoms in total. The third kappa shape index (κ3) is 9.04. The van der Waals surface area contributed by atoms with Crippen LogP contribution in [-0.2, 0) is 19.5 Å². The fourth-order valence-corrected chi connectivity index (χ4v) is 0.0612. The summed E-state index contributed by atoms with van der Waals surface area (Å²) in [5.41, 5.74) is 0. The zero-order chi connectivity index (χ0) is 4.12. The molecule has 0 rings (SSSR count). The number of thiocyanates is 2. The van der Waals surface area contributed by atoms with Gasteiger partial charge < -0.3 is 0 Å². The van der Waals surface area contributed by atoms with Crippen molar-refractivity contribution in [2.75, 3.05) is 0 Å². The molecule has 26 valence electrons. The fraction of sp³-hybridized carbons (Fsp3) is 0. The number of hydrogen-bond acceptors (Lipinski definition) is 3. The van der Waals surface area contributed by atoms with E-state index in [2.05, 4.69) is 0 Å². The average Bonchev–Trinajstić information content (AvgIpc) is 1.41. The van der Waals surface area contributed by atoms with Crippen molar-refractivity contribution >= 4 is 11.8 Å². The van der Waals surface area contributed by atoms with Crippen LogP contribution in [0.3, 0.4) is 0 Å². The average molecular weight is 149 g/mol. The van der Waals surface area contributed by atoms with Crippen LogP contribution in [0.1, 0.15) is 0 Å². The largest absolute Gasteiger partial charge is 0.184 e. The minimum Gasteiger partial charge on any atom is -0.184 e. The maximum absolute atomic E-state index is 7.56. The zero-order valence-electron chi connectivity index (χ0n) is 3.01. The minimum atomic E-state index is 0. The molecule has 0 spiro atoms. The Balaban J connectivity index is 0. The van der Waals surface area contributed by atoms with Gasteiger partial charge in [0.15, 0.2) is 0 Å². The molecule has 0 aliphatic heterocycles. The third-order valence-corrected chi connectivity index (χ3v) is 0.274. The Bertz CT molecular complexity index is 76.7. The van der Waals surface area contributed by atoms with Gasteiger partial charge in [-0.1, -0.05) is 0 Å². The van der Waals surface area contributed by atoms with E-state index in [1.807, 2.05) is 0 Å². The molecular formula is C2N2SZn. The van der Waals surface area contributed by atoms with E-state index < -0.39 is 0 Å². The van der Waals surface area contributed by atoms with Gasteiger partial charge >= 0.3 is 0 Å². The van der Waals surface area contributed by atoms with Crippen LogP contribution >= 0.6 is 11.8 Å². The molecule has 0 radical (unpaired) electrons. The van der Waals surface area contributed by atoms with Gasteiger partial charge in [0.1, 0.15) is 10.8 Å². The molecule has 0 aromatic heterocycles. The predicted molar refractivity (Wildman–Crippen MR) is 18.8 cm³/mol. The van der Waals surface area contributed by atoms with Crippen molar-refractivity contribution < 1.29 is 19.5 Å². The summed E-state index contributed by atoms with van der Waals surface area (Å²) in [6.45, 7) is 0. The van der Waals surface area contributed by atoms with Gasteiger partial charge in [-0.25, -0.2) is 0 Å². The molecule has 0 fully saturated rings. The van der Waals surface area contributed by atoms with Crippen LogP contribution in [0.4, 0.5) is 0 Å².